The second-order valence-corrected chi connectivity index (χ2v) is 7.57. The first-order valence-corrected chi connectivity index (χ1v) is 10.2. The molecule has 0 fully saturated rings. The average molecular weight is 428 g/mol. The summed E-state index contributed by atoms with van der Waals surface area (Å²) >= 11 is 0. The maximum atomic E-state index is 6.32. The fourth-order valence-electron chi connectivity index (χ4n) is 3.85. The van der Waals surface area contributed by atoms with Crippen molar-refractivity contribution in [2.24, 2.45) is 0 Å². The molecule has 0 aliphatic carbocycles. The molecule has 3 aromatic heterocycles. The Morgan fingerprint density at radius 1 is 1.06 bits per heavy atom. The Morgan fingerprint density at radius 2 is 1.94 bits per heavy atom. The van der Waals surface area contributed by atoms with Crippen molar-refractivity contribution >= 4 is 24.6 Å². The molecule has 4 aromatic rings. The number of imidazole rings is 1. The Labute approximate surface area is 186 Å². The van der Waals surface area contributed by atoms with Crippen LogP contribution < -0.4 is 24.5 Å². The highest BCUT2D eigenvalue weighted by atomic mass is 16.6. The van der Waals surface area contributed by atoms with E-state index in [1.807, 2.05) is 35.8 Å². The van der Waals surface area contributed by atoms with E-state index in [1.54, 1.807) is 38.9 Å². The van der Waals surface area contributed by atoms with Gasteiger partial charge in [-0.2, -0.15) is 0 Å². The lowest BCUT2D eigenvalue weighted by Gasteiger charge is -2.33. The lowest BCUT2D eigenvalue weighted by Crippen LogP contribution is -2.31. The van der Waals surface area contributed by atoms with E-state index in [9.17, 15) is 0 Å². The number of methoxy groups -OCH3 is 2. The summed E-state index contributed by atoms with van der Waals surface area (Å²) in [6.45, 7) is 2.49. The van der Waals surface area contributed by atoms with E-state index in [0.29, 0.717) is 35.3 Å². The molecule has 0 amide bonds. The van der Waals surface area contributed by atoms with Crippen LogP contribution in [0.4, 0.5) is 0 Å². The van der Waals surface area contributed by atoms with Crippen LogP contribution in [0.5, 0.6) is 23.1 Å². The predicted molar refractivity (Wildman–Crippen MR) is 119 cm³/mol. The summed E-state index contributed by atoms with van der Waals surface area (Å²) in [5, 5.41) is 0. The summed E-state index contributed by atoms with van der Waals surface area (Å²) in [5.74, 6) is 2.33. The van der Waals surface area contributed by atoms with Gasteiger partial charge in [0.1, 0.15) is 19.5 Å². The van der Waals surface area contributed by atoms with Crippen LogP contribution in [-0.2, 0) is 6.54 Å². The predicted octanol–water partition coefficient (Wildman–Crippen LogP) is 2.59. The normalized spacial score (nSPS) is 17.3. The summed E-state index contributed by atoms with van der Waals surface area (Å²) in [7, 11) is 9.05. The van der Waals surface area contributed by atoms with Crippen LogP contribution in [0.2, 0.25) is 0 Å². The van der Waals surface area contributed by atoms with Gasteiger partial charge in [0.15, 0.2) is 23.3 Å². The van der Waals surface area contributed by atoms with E-state index in [1.165, 1.54) is 0 Å². The van der Waals surface area contributed by atoms with Gasteiger partial charge in [-0.25, -0.2) is 15.0 Å². The molecule has 2 radical (unpaired) electrons. The summed E-state index contributed by atoms with van der Waals surface area (Å²) in [4.78, 5) is 13.1. The van der Waals surface area contributed by atoms with Crippen LogP contribution in [-0.4, -0.2) is 47.7 Å². The zero-order valence-electron chi connectivity index (χ0n) is 18.0. The Hall–Kier alpha value is -3.75. The van der Waals surface area contributed by atoms with Crippen LogP contribution in [0.15, 0.2) is 48.9 Å². The molecule has 1 aromatic carbocycles. The molecule has 0 unspecified atom stereocenters. The smallest absolute Gasteiger partial charge is 0.212 e. The summed E-state index contributed by atoms with van der Waals surface area (Å²) in [5.41, 5.74) is 3.81. The molecule has 1 aliphatic heterocycles. The molecule has 0 bridgehead atoms. The van der Waals surface area contributed by atoms with E-state index in [2.05, 4.69) is 15.0 Å². The van der Waals surface area contributed by atoms with Crippen LogP contribution in [0, 0.1) is 0 Å². The van der Waals surface area contributed by atoms with E-state index >= 15 is 0 Å². The third-order valence-electron chi connectivity index (χ3n) is 5.42. The Balaban J connectivity index is 1.46. The van der Waals surface area contributed by atoms with Crippen molar-refractivity contribution in [3.63, 3.8) is 0 Å². The van der Waals surface area contributed by atoms with E-state index in [0.717, 1.165) is 22.3 Å². The maximum Gasteiger partial charge on any atom is 0.212 e. The average Bonchev–Trinajstić information content (AvgIpc) is 3.19. The van der Waals surface area contributed by atoms with Gasteiger partial charge in [-0.15, -0.1) is 0 Å². The molecule has 5 rings (SSSR count). The lowest BCUT2D eigenvalue weighted by molar-refractivity contribution is 0.0277. The monoisotopic (exact) mass is 428 g/mol. The van der Waals surface area contributed by atoms with E-state index < -0.39 is 0 Å². The minimum Gasteiger partial charge on any atom is -0.493 e. The second kappa shape index (κ2) is 8.07. The topological polar surface area (TPSA) is 80.5 Å². The largest absolute Gasteiger partial charge is 0.493 e. The molecule has 160 valence electrons. The van der Waals surface area contributed by atoms with Gasteiger partial charge in [-0.05, 0) is 48.4 Å². The zero-order valence-corrected chi connectivity index (χ0v) is 18.0. The molecule has 32 heavy (non-hydrogen) atoms. The standard InChI is InChI=1S/C23H21BN4O4/c1-13-21(15-4-7-20(30-3)25-10-15)32-22-17(29-2)8-14(9-18(22)31-13)11-28-12-26-16-5-6-19(24)27-23(16)28/h4-10,12-13,21H,11H2,1-3H3/t13-,21+/m0/s1. The van der Waals surface area contributed by atoms with Gasteiger partial charge >= 0.3 is 0 Å². The van der Waals surface area contributed by atoms with Crippen LogP contribution in [0.3, 0.4) is 0 Å². The van der Waals surface area contributed by atoms with E-state index in [-0.39, 0.29) is 12.2 Å². The third-order valence-corrected chi connectivity index (χ3v) is 5.42. The number of rotatable bonds is 5. The van der Waals surface area contributed by atoms with Crippen LogP contribution >= 0.6 is 0 Å². The Bertz CT molecular complexity index is 1280. The van der Waals surface area contributed by atoms with Gasteiger partial charge in [0.2, 0.25) is 11.6 Å². The minimum atomic E-state index is -0.328. The molecule has 0 N–H and O–H groups in total. The highest BCUT2D eigenvalue weighted by Gasteiger charge is 2.32. The Kier molecular flexibility index (Phi) is 5.09. The molecule has 1 aliphatic rings. The molecule has 0 saturated heterocycles. The summed E-state index contributed by atoms with van der Waals surface area (Å²) in [6.07, 6.45) is 2.92. The molecule has 0 saturated carbocycles. The number of pyridine rings is 2. The van der Waals surface area contributed by atoms with Gasteiger partial charge in [-0.3, -0.25) is 0 Å². The highest BCUT2D eigenvalue weighted by molar-refractivity contribution is 6.31. The SMILES string of the molecule is [B]c1ccc2ncn(Cc3cc(OC)c4c(c3)O[C@@H](C)[C@H](c3ccc(OC)nc3)O4)c2n1. The molecule has 4 heterocycles. The van der Waals surface area contributed by atoms with Crippen LogP contribution in [0.1, 0.15) is 24.2 Å². The number of benzene rings is 1. The summed E-state index contributed by atoms with van der Waals surface area (Å²) < 4.78 is 25.3. The number of hydrogen-bond donors (Lipinski definition) is 0. The van der Waals surface area contributed by atoms with Crippen molar-refractivity contribution in [1.82, 2.24) is 19.5 Å². The third kappa shape index (κ3) is 3.59. The number of aromatic nitrogens is 4. The second-order valence-electron chi connectivity index (χ2n) is 7.57. The van der Waals surface area contributed by atoms with Crippen molar-refractivity contribution in [3.05, 3.63) is 60.0 Å². The first-order valence-electron chi connectivity index (χ1n) is 10.2. The number of ether oxygens (including phenoxy) is 4. The van der Waals surface area contributed by atoms with Gasteiger partial charge in [-0.1, -0.05) is 0 Å². The van der Waals surface area contributed by atoms with Crippen molar-refractivity contribution in [3.8, 4) is 23.1 Å². The van der Waals surface area contributed by atoms with Gasteiger partial charge < -0.3 is 23.5 Å². The summed E-state index contributed by atoms with van der Waals surface area (Å²) in [6, 6.07) is 11.2. The van der Waals surface area contributed by atoms with Crippen molar-refractivity contribution in [2.45, 2.75) is 25.7 Å². The quantitative estimate of drug-likeness (QED) is 0.452. The molecule has 9 heteroatoms. The molecular weight excluding hydrogens is 407 g/mol. The number of hydrogen-bond acceptors (Lipinski definition) is 7. The fraction of sp³-hybridized carbons (Fsp3) is 0.261. The van der Waals surface area contributed by atoms with E-state index in [4.69, 9.17) is 26.8 Å². The van der Waals surface area contributed by atoms with Crippen molar-refractivity contribution in [2.75, 3.05) is 14.2 Å². The number of fused-ring (bicyclic) bond motifs is 2. The van der Waals surface area contributed by atoms with Crippen LogP contribution in [0.25, 0.3) is 11.2 Å². The first kappa shape index (κ1) is 20.2. The maximum absolute atomic E-state index is 6.32. The van der Waals surface area contributed by atoms with Gasteiger partial charge in [0.05, 0.1) is 27.1 Å². The number of nitrogens with zero attached hydrogens (tertiary/aromatic N) is 4. The highest BCUT2D eigenvalue weighted by Crippen LogP contribution is 2.46. The van der Waals surface area contributed by atoms with Gasteiger partial charge in [0, 0.05) is 17.8 Å². The molecule has 0 spiro atoms. The van der Waals surface area contributed by atoms with Crippen molar-refractivity contribution in [1.29, 1.82) is 0 Å². The molecular formula is C23H21BN4O4. The lowest BCUT2D eigenvalue weighted by atomic mass is 10.0. The fourth-order valence-corrected chi connectivity index (χ4v) is 3.85. The first-order chi connectivity index (χ1) is 15.6. The minimum absolute atomic E-state index is 0.229. The Morgan fingerprint density at radius 3 is 2.69 bits per heavy atom. The molecule has 2 atom stereocenters. The zero-order chi connectivity index (χ0) is 22.2. The van der Waals surface area contributed by atoms with Crippen molar-refractivity contribution < 1.29 is 18.9 Å². The van der Waals surface area contributed by atoms with Gasteiger partial charge in [0.25, 0.3) is 0 Å². The molecule has 8 nitrogen and oxygen atoms in total.